The van der Waals surface area contributed by atoms with Crippen LogP contribution in [0.1, 0.15) is 36.5 Å². The molecule has 1 fully saturated rings. The monoisotopic (exact) mass is 205 g/mol. The summed E-state index contributed by atoms with van der Waals surface area (Å²) in [6.07, 6.45) is 3.97. The molecule has 1 aliphatic rings. The quantitative estimate of drug-likeness (QED) is 0.805. The highest BCUT2D eigenvalue weighted by molar-refractivity contribution is 5.24. The van der Waals surface area contributed by atoms with Gasteiger partial charge in [-0.15, -0.1) is 0 Å². The zero-order chi connectivity index (χ0) is 10.7. The Morgan fingerprint density at radius 1 is 1.40 bits per heavy atom. The molecule has 82 valence electrons. The lowest BCUT2D eigenvalue weighted by Gasteiger charge is -2.29. The van der Waals surface area contributed by atoms with Crippen molar-refractivity contribution in [1.29, 1.82) is 0 Å². The lowest BCUT2D eigenvalue weighted by atomic mass is 9.97. The summed E-state index contributed by atoms with van der Waals surface area (Å²) < 4.78 is 5.95. The van der Waals surface area contributed by atoms with Crippen LogP contribution in [0.5, 0.6) is 0 Å². The minimum absolute atomic E-state index is 0.254. The van der Waals surface area contributed by atoms with Gasteiger partial charge in [-0.3, -0.25) is 0 Å². The van der Waals surface area contributed by atoms with E-state index in [1.807, 2.05) is 0 Å². The van der Waals surface area contributed by atoms with E-state index >= 15 is 0 Å². The molecular weight excluding hydrogens is 186 g/mol. The van der Waals surface area contributed by atoms with Crippen molar-refractivity contribution < 1.29 is 4.74 Å². The van der Waals surface area contributed by atoms with Crippen LogP contribution >= 0.6 is 0 Å². The lowest BCUT2D eigenvalue weighted by molar-refractivity contribution is -0.0462. The Kier molecular flexibility index (Phi) is 3.39. The maximum atomic E-state index is 5.95. The van der Waals surface area contributed by atoms with Gasteiger partial charge in [0.2, 0.25) is 0 Å². The van der Waals surface area contributed by atoms with Gasteiger partial charge in [0.05, 0.1) is 12.2 Å². The van der Waals surface area contributed by atoms with Gasteiger partial charge in [-0.25, -0.2) is 0 Å². The summed E-state index contributed by atoms with van der Waals surface area (Å²) in [5, 5.41) is 0. The minimum Gasteiger partial charge on any atom is -0.369 e. The fourth-order valence-corrected chi connectivity index (χ4v) is 2.19. The van der Waals surface area contributed by atoms with Gasteiger partial charge in [-0.1, -0.05) is 29.8 Å². The minimum atomic E-state index is 0.254. The van der Waals surface area contributed by atoms with E-state index in [9.17, 15) is 0 Å². The molecule has 1 aromatic carbocycles. The predicted molar refractivity (Wildman–Crippen MR) is 61.7 cm³/mol. The molecule has 0 unspecified atom stereocenters. The molecular formula is C13H19NO. The molecule has 1 heterocycles. The van der Waals surface area contributed by atoms with E-state index in [0.29, 0.717) is 6.54 Å². The highest BCUT2D eigenvalue weighted by atomic mass is 16.5. The van der Waals surface area contributed by atoms with Crippen LogP contribution in [0.25, 0.3) is 0 Å². The number of aryl methyl sites for hydroxylation is 1. The summed E-state index contributed by atoms with van der Waals surface area (Å²) in [7, 11) is 0. The van der Waals surface area contributed by atoms with Crippen molar-refractivity contribution in [3.63, 3.8) is 0 Å². The second-order valence-electron chi connectivity index (χ2n) is 4.33. The van der Waals surface area contributed by atoms with Crippen LogP contribution in [0.4, 0.5) is 0 Å². The van der Waals surface area contributed by atoms with Crippen LogP contribution in [0.15, 0.2) is 24.3 Å². The van der Waals surface area contributed by atoms with E-state index in [1.54, 1.807) is 0 Å². The predicted octanol–water partition coefficient (Wildman–Crippen LogP) is 2.56. The maximum Gasteiger partial charge on any atom is 0.0829 e. The Bertz CT molecular complexity index is 324. The number of benzene rings is 1. The average Bonchev–Trinajstić information content (AvgIpc) is 2.29. The molecule has 2 nitrogen and oxygen atoms in total. The van der Waals surface area contributed by atoms with Crippen LogP contribution in [-0.2, 0) is 4.74 Å². The molecule has 1 saturated heterocycles. The van der Waals surface area contributed by atoms with Crippen molar-refractivity contribution in [2.75, 3.05) is 6.54 Å². The Morgan fingerprint density at radius 2 is 2.27 bits per heavy atom. The highest BCUT2D eigenvalue weighted by Gasteiger charge is 2.22. The molecule has 2 N–H and O–H groups in total. The van der Waals surface area contributed by atoms with Crippen LogP contribution in [0, 0.1) is 6.92 Å². The Morgan fingerprint density at radius 3 is 3.00 bits per heavy atom. The van der Waals surface area contributed by atoms with Gasteiger partial charge in [0, 0.05) is 6.54 Å². The number of nitrogens with two attached hydrogens (primary N) is 1. The SMILES string of the molecule is Cc1cccc([C@H]2CCC[C@@H](CN)O2)c1. The van der Waals surface area contributed by atoms with Gasteiger partial charge in [0.1, 0.15) is 0 Å². The van der Waals surface area contributed by atoms with Crippen molar-refractivity contribution in [2.45, 2.75) is 38.4 Å². The summed E-state index contributed by atoms with van der Waals surface area (Å²) in [6.45, 7) is 2.76. The fourth-order valence-electron chi connectivity index (χ4n) is 2.19. The number of rotatable bonds is 2. The molecule has 0 aliphatic carbocycles. The third kappa shape index (κ3) is 2.58. The second kappa shape index (κ2) is 4.77. The smallest absolute Gasteiger partial charge is 0.0829 e. The first-order valence-electron chi connectivity index (χ1n) is 5.71. The van der Waals surface area contributed by atoms with Crippen LogP contribution in [-0.4, -0.2) is 12.6 Å². The Balaban J connectivity index is 2.09. The molecule has 1 aromatic rings. The largest absolute Gasteiger partial charge is 0.369 e. The van der Waals surface area contributed by atoms with E-state index in [1.165, 1.54) is 17.5 Å². The van der Waals surface area contributed by atoms with Crippen molar-refractivity contribution in [1.82, 2.24) is 0 Å². The molecule has 15 heavy (non-hydrogen) atoms. The molecule has 0 saturated carbocycles. The zero-order valence-electron chi connectivity index (χ0n) is 9.28. The normalized spacial score (nSPS) is 26.5. The first-order valence-corrected chi connectivity index (χ1v) is 5.71. The van der Waals surface area contributed by atoms with Crippen LogP contribution in [0.2, 0.25) is 0 Å². The molecule has 0 spiro atoms. The topological polar surface area (TPSA) is 35.2 Å². The maximum absolute atomic E-state index is 5.95. The van der Waals surface area contributed by atoms with E-state index in [2.05, 4.69) is 31.2 Å². The van der Waals surface area contributed by atoms with E-state index < -0.39 is 0 Å². The van der Waals surface area contributed by atoms with Gasteiger partial charge in [-0.2, -0.15) is 0 Å². The van der Waals surface area contributed by atoms with E-state index in [-0.39, 0.29) is 12.2 Å². The van der Waals surface area contributed by atoms with E-state index in [4.69, 9.17) is 10.5 Å². The number of hydrogen-bond donors (Lipinski definition) is 1. The van der Waals surface area contributed by atoms with Gasteiger partial charge in [-0.05, 0) is 31.7 Å². The molecule has 1 aliphatic heterocycles. The first kappa shape index (κ1) is 10.7. The second-order valence-corrected chi connectivity index (χ2v) is 4.33. The highest BCUT2D eigenvalue weighted by Crippen LogP contribution is 2.30. The van der Waals surface area contributed by atoms with Crippen LogP contribution < -0.4 is 5.73 Å². The third-order valence-electron chi connectivity index (χ3n) is 3.03. The van der Waals surface area contributed by atoms with Gasteiger partial charge in [0.15, 0.2) is 0 Å². The molecule has 0 amide bonds. The molecule has 0 aromatic heterocycles. The first-order chi connectivity index (χ1) is 7.29. The fraction of sp³-hybridized carbons (Fsp3) is 0.538. The average molecular weight is 205 g/mol. The zero-order valence-corrected chi connectivity index (χ0v) is 9.28. The van der Waals surface area contributed by atoms with Gasteiger partial charge < -0.3 is 10.5 Å². The molecule has 2 atom stereocenters. The van der Waals surface area contributed by atoms with Crippen molar-refractivity contribution in [3.05, 3.63) is 35.4 Å². The summed E-state index contributed by atoms with van der Waals surface area (Å²) in [4.78, 5) is 0. The van der Waals surface area contributed by atoms with Crippen LogP contribution in [0.3, 0.4) is 0 Å². The standard InChI is InChI=1S/C13H19NO/c1-10-4-2-5-11(8-10)13-7-3-6-12(9-14)15-13/h2,4-5,8,12-13H,3,6-7,9,14H2,1H3/t12-,13+/m0/s1. The van der Waals surface area contributed by atoms with E-state index in [0.717, 1.165) is 12.8 Å². The Hall–Kier alpha value is -0.860. The van der Waals surface area contributed by atoms with Crippen molar-refractivity contribution >= 4 is 0 Å². The number of ether oxygens (including phenoxy) is 1. The summed E-state index contributed by atoms with van der Waals surface area (Å²) in [6, 6.07) is 8.58. The van der Waals surface area contributed by atoms with Crippen molar-refractivity contribution in [2.24, 2.45) is 5.73 Å². The molecule has 0 bridgehead atoms. The molecule has 2 rings (SSSR count). The number of hydrogen-bond acceptors (Lipinski definition) is 2. The Labute approximate surface area is 91.4 Å². The molecule has 2 heteroatoms. The summed E-state index contributed by atoms with van der Waals surface area (Å²) in [5.74, 6) is 0. The lowest BCUT2D eigenvalue weighted by Crippen LogP contribution is -2.29. The summed E-state index contributed by atoms with van der Waals surface area (Å²) in [5.41, 5.74) is 8.24. The van der Waals surface area contributed by atoms with Gasteiger partial charge in [0.25, 0.3) is 0 Å². The third-order valence-corrected chi connectivity index (χ3v) is 3.03. The molecule has 0 radical (unpaired) electrons. The summed E-state index contributed by atoms with van der Waals surface area (Å²) >= 11 is 0. The van der Waals surface area contributed by atoms with Crippen molar-refractivity contribution in [3.8, 4) is 0 Å². The van der Waals surface area contributed by atoms with Gasteiger partial charge >= 0.3 is 0 Å².